The standard InChI is InChI=1S/C61H108O10/c1-3-5-7-9-11-13-15-17-19-21-23-25-27-29-31-33-35-37-39-41-43-45-47-49-56(63)68-52-54(53-69-61-60(67)59(66)58(65)55(51-62)71-61)70-57(64)50-48-46-44-42-40-38-36-34-32-30-28-26-24-22-20-18-16-14-12-10-8-6-4-2/h6,8,12,14,18,20-21,23-24,26,54-55,58-62,65-67H,3-5,7,9-11,13,15-17,19,22,25,27-53H2,1-2H3/b8-6-,14-12-,20-18-,23-21-,26-24-. The van der Waals surface area contributed by atoms with Crippen LogP contribution in [0, 0.1) is 0 Å². The van der Waals surface area contributed by atoms with E-state index in [1.807, 2.05) is 0 Å². The highest BCUT2D eigenvalue weighted by atomic mass is 16.7. The van der Waals surface area contributed by atoms with Crippen LogP contribution in [0.15, 0.2) is 60.8 Å². The lowest BCUT2D eigenvalue weighted by molar-refractivity contribution is -0.305. The van der Waals surface area contributed by atoms with E-state index >= 15 is 0 Å². The molecule has 1 fully saturated rings. The zero-order valence-electron chi connectivity index (χ0n) is 45.5. The minimum absolute atomic E-state index is 0.220. The van der Waals surface area contributed by atoms with Gasteiger partial charge in [-0.3, -0.25) is 9.59 Å². The maximum absolute atomic E-state index is 12.9. The first kappa shape index (κ1) is 66.4. The number of carbonyl (C=O) groups excluding carboxylic acids is 2. The number of rotatable bonds is 50. The van der Waals surface area contributed by atoms with Crippen molar-refractivity contribution in [3.63, 3.8) is 0 Å². The lowest BCUT2D eigenvalue weighted by Gasteiger charge is -2.39. The third-order valence-corrected chi connectivity index (χ3v) is 13.4. The topological polar surface area (TPSA) is 152 Å². The molecule has 0 saturated carbocycles. The van der Waals surface area contributed by atoms with Crippen molar-refractivity contribution in [3.8, 4) is 0 Å². The first-order chi connectivity index (χ1) is 34.8. The molecule has 10 nitrogen and oxygen atoms in total. The molecule has 0 aromatic carbocycles. The third kappa shape index (κ3) is 41.4. The van der Waals surface area contributed by atoms with Gasteiger partial charge in [-0.15, -0.1) is 0 Å². The summed E-state index contributed by atoms with van der Waals surface area (Å²) in [4.78, 5) is 25.6. The van der Waals surface area contributed by atoms with Crippen molar-refractivity contribution in [2.24, 2.45) is 0 Å². The zero-order valence-corrected chi connectivity index (χ0v) is 45.5. The number of esters is 2. The highest BCUT2D eigenvalue weighted by molar-refractivity contribution is 5.70. The Morgan fingerprint density at radius 3 is 1.27 bits per heavy atom. The van der Waals surface area contributed by atoms with E-state index in [0.717, 1.165) is 70.6 Å². The fourth-order valence-electron chi connectivity index (χ4n) is 8.82. The van der Waals surface area contributed by atoms with Gasteiger partial charge in [-0.1, -0.05) is 229 Å². The Labute approximate surface area is 434 Å². The van der Waals surface area contributed by atoms with Gasteiger partial charge in [-0.2, -0.15) is 0 Å². The van der Waals surface area contributed by atoms with Crippen molar-refractivity contribution < 1.29 is 49.0 Å². The van der Waals surface area contributed by atoms with Gasteiger partial charge in [0.2, 0.25) is 0 Å². The molecule has 6 unspecified atom stereocenters. The molecule has 1 aliphatic heterocycles. The van der Waals surface area contributed by atoms with Crippen LogP contribution in [0.3, 0.4) is 0 Å². The minimum Gasteiger partial charge on any atom is -0.462 e. The van der Waals surface area contributed by atoms with Gasteiger partial charge in [0.05, 0.1) is 13.2 Å². The molecule has 1 heterocycles. The van der Waals surface area contributed by atoms with Crippen LogP contribution in [0.2, 0.25) is 0 Å². The van der Waals surface area contributed by atoms with Crippen molar-refractivity contribution >= 4 is 11.9 Å². The van der Waals surface area contributed by atoms with Gasteiger partial charge in [-0.05, 0) is 77.0 Å². The van der Waals surface area contributed by atoms with Crippen LogP contribution in [-0.2, 0) is 28.5 Å². The largest absolute Gasteiger partial charge is 0.462 e. The molecular weight excluding hydrogens is 893 g/mol. The summed E-state index contributed by atoms with van der Waals surface area (Å²) in [5.41, 5.74) is 0. The number of allylic oxidation sites excluding steroid dienone is 10. The monoisotopic (exact) mass is 1000 g/mol. The average molecular weight is 1000 g/mol. The number of ether oxygens (including phenoxy) is 4. The summed E-state index contributed by atoms with van der Waals surface area (Å²) in [7, 11) is 0. The van der Waals surface area contributed by atoms with Crippen LogP contribution >= 0.6 is 0 Å². The summed E-state index contributed by atoms with van der Waals surface area (Å²) in [6.07, 6.45) is 58.1. The van der Waals surface area contributed by atoms with Gasteiger partial charge in [0, 0.05) is 12.8 Å². The van der Waals surface area contributed by atoms with Crippen molar-refractivity contribution in [1.82, 2.24) is 0 Å². The minimum atomic E-state index is -1.60. The average Bonchev–Trinajstić information content (AvgIpc) is 3.37. The lowest BCUT2D eigenvalue weighted by atomic mass is 9.99. The van der Waals surface area contributed by atoms with E-state index in [9.17, 15) is 30.0 Å². The summed E-state index contributed by atoms with van der Waals surface area (Å²) >= 11 is 0. The normalized spacial score (nSPS) is 19.1. The van der Waals surface area contributed by atoms with E-state index in [2.05, 4.69) is 74.6 Å². The second-order valence-electron chi connectivity index (χ2n) is 20.1. The molecule has 0 radical (unpaired) electrons. The van der Waals surface area contributed by atoms with E-state index in [0.29, 0.717) is 6.42 Å². The number of unbranched alkanes of at least 4 members (excludes halogenated alkanes) is 29. The molecule has 0 bridgehead atoms. The van der Waals surface area contributed by atoms with Crippen LogP contribution in [0.5, 0.6) is 0 Å². The fraction of sp³-hybridized carbons (Fsp3) is 0.803. The van der Waals surface area contributed by atoms with E-state index in [-0.39, 0.29) is 32.0 Å². The second kappa shape index (κ2) is 50.9. The quantitative estimate of drug-likeness (QED) is 0.0263. The molecule has 0 aliphatic carbocycles. The Balaban J connectivity index is 2.20. The molecule has 1 aliphatic rings. The van der Waals surface area contributed by atoms with Crippen molar-refractivity contribution in [2.45, 2.75) is 295 Å². The van der Waals surface area contributed by atoms with Gasteiger partial charge in [0.25, 0.3) is 0 Å². The molecule has 71 heavy (non-hydrogen) atoms. The van der Waals surface area contributed by atoms with E-state index in [1.165, 1.54) is 154 Å². The zero-order chi connectivity index (χ0) is 51.5. The van der Waals surface area contributed by atoms with Crippen molar-refractivity contribution in [1.29, 1.82) is 0 Å². The van der Waals surface area contributed by atoms with Gasteiger partial charge < -0.3 is 39.4 Å². The SMILES string of the molecule is CC/C=C\C/C=C\C/C=C\C/C=C\CCCCCCCCCCCCC(=O)OC(COC(=O)CCCCCCCCCCCCC/C=C\CCCCCCCCCC)COC1OC(CO)C(O)C(O)C1O. The molecule has 1 saturated heterocycles. The van der Waals surface area contributed by atoms with Gasteiger partial charge in [0.15, 0.2) is 12.4 Å². The maximum Gasteiger partial charge on any atom is 0.306 e. The van der Waals surface area contributed by atoms with Gasteiger partial charge in [-0.25, -0.2) is 0 Å². The molecule has 6 atom stereocenters. The highest BCUT2D eigenvalue weighted by Gasteiger charge is 2.44. The Morgan fingerprint density at radius 2 is 0.831 bits per heavy atom. The molecule has 0 aromatic rings. The van der Waals surface area contributed by atoms with Crippen LogP contribution < -0.4 is 0 Å². The Bertz CT molecular complexity index is 1340. The molecule has 0 spiro atoms. The molecule has 4 N–H and O–H groups in total. The maximum atomic E-state index is 12.9. The summed E-state index contributed by atoms with van der Waals surface area (Å²) in [6.45, 7) is 3.34. The third-order valence-electron chi connectivity index (χ3n) is 13.4. The first-order valence-electron chi connectivity index (χ1n) is 29.4. The van der Waals surface area contributed by atoms with E-state index < -0.39 is 49.4 Å². The summed E-state index contributed by atoms with van der Waals surface area (Å²) in [6, 6.07) is 0. The smallest absolute Gasteiger partial charge is 0.306 e. The molecule has 0 amide bonds. The Kier molecular flexibility index (Phi) is 47.6. The van der Waals surface area contributed by atoms with Crippen molar-refractivity contribution in [3.05, 3.63) is 60.8 Å². The summed E-state index contributed by atoms with van der Waals surface area (Å²) in [5, 5.41) is 40.3. The number of aliphatic hydroxyl groups is 4. The Hall–Kier alpha value is -2.60. The van der Waals surface area contributed by atoms with Crippen LogP contribution in [0.1, 0.15) is 258 Å². The van der Waals surface area contributed by atoms with E-state index in [4.69, 9.17) is 18.9 Å². The molecule has 1 rings (SSSR count). The van der Waals surface area contributed by atoms with Crippen LogP contribution in [0.4, 0.5) is 0 Å². The van der Waals surface area contributed by atoms with Gasteiger partial charge in [0.1, 0.15) is 31.0 Å². The predicted molar refractivity (Wildman–Crippen MR) is 293 cm³/mol. The summed E-state index contributed by atoms with van der Waals surface area (Å²) < 4.78 is 22.3. The molecule has 0 aromatic heterocycles. The predicted octanol–water partition coefficient (Wildman–Crippen LogP) is 14.9. The molecular formula is C61H108O10. The van der Waals surface area contributed by atoms with Crippen LogP contribution in [0.25, 0.3) is 0 Å². The second-order valence-corrected chi connectivity index (χ2v) is 20.1. The molecule has 412 valence electrons. The Morgan fingerprint density at radius 1 is 0.451 bits per heavy atom. The number of carbonyl (C=O) groups is 2. The number of aliphatic hydroxyl groups excluding tert-OH is 4. The highest BCUT2D eigenvalue weighted by Crippen LogP contribution is 2.23. The number of hydrogen-bond acceptors (Lipinski definition) is 10. The molecule has 10 heteroatoms. The summed E-state index contributed by atoms with van der Waals surface area (Å²) in [5.74, 6) is -0.805. The van der Waals surface area contributed by atoms with E-state index in [1.54, 1.807) is 0 Å². The van der Waals surface area contributed by atoms with Gasteiger partial charge >= 0.3 is 11.9 Å². The van der Waals surface area contributed by atoms with Crippen LogP contribution in [-0.4, -0.2) is 89.0 Å². The number of hydrogen-bond donors (Lipinski definition) is 4. The lowest BCUT2D eigenvalue weighted by Crippen LogP contribution is -2.59. The fourth-order valence-corrected chi connectivity index (χ4v) is 8.82. The first-order valence-corrected chi connectivity index (χ1v) is 29.4. The van der Waals surface area contributed by atoms with Crippen molar-refractivity contribution in [2.75, 3.05) is 19.8 Å².